The zero-order chi connectivity index (χ0) is 23.2. The predicted octanol–water partition coefficient (Wildman–Crippen LogP) is 6.99. The minimum absolute atomic E-state index is 0.611. The SMILES string of the molecule is c1ccc(-c2nc(-c3cccc(-c4nccc5c4Cc4ccccc4-5)n3)nc3ccccc23)cc1. The van der Waals surface area contributed by atoms with E-state index in [1.54, 1.807) is 0 Å². The van der Waals surface area contributed by atoms with Crippen molar-refractivity contribution in [2.75, 3.05) is 0 Å². The van der Waals surface area contributed by atoms with Crippen molar-refractivity contribution in [2.45, 2.75) is 6.42 Å². The Bertz CT molecular complexity index is 1720. The molecule has 3 aromatic heterocycles. The molecule has 0 atom stereocenters. The Morgan fingerprint density at radius 1 is 0.543 bits per heavy atom. The van der Waals surface area contributed by atoms with Crippen molar-refractivity contribution < 1.29 is 0 Å². The Hall–Kier alpha value is -4.70. The van der Waals surface area contributed by atoms with Crippen LogP contribution < -0.4 is 0 Å². The zero-order valence-electron chi connectivity index (χ0n) is 18.9. The van der Waals surface area contributed by atoms with Gasteiger partial charge in [-0.3, -0.25) is 4.98 Å². The lowest BCUT2D eigenvalue weighted by atomic mass is 10.0. The summed E-state index contributed by atoms with van der Waals surface area (Å²) in [5.41, 5.74) is 10.4. The molecule has 164 valence electrons. The molecule has 3 heterocycles. The number of benzene rings is 3. The molecule has 0 unspecified atom stereocenters. The van der Waals surface area contributed by atoms with Gasteiger partial charge in [-0.25, -0.2) is 15.0 Å². The van der Waals surface area contributed by atoms with E-state index in [-0.39, 0.29) is 0 Å². The van der Waals surface area contributed by atoms with E-state index in [4.69, 9.17) is 19.9 Å². The Labute approximate surface area is 203 Å². The van der Waals surface area contributed by atoms with Gasteiger partial charge in [-0.1, -0.05) is 78.9 Å². The highest BCUT2D eigenvalue weighted by molar-refractivity contribution is 5.93. The fourth-order valence-electron chi connectivity index (χ4n) is 4.97. The van der Waals surface area contributed by atoms with Gasteiger partial charge in [0, 0.05) is 23.6 Å². The first kappa shape index (κ1) is 19.7. The average Bonchev–Trinajstić information content (AvgIpc) is 3.32. The van der Waals surface area contributed by atoms with Gasteiger partial charge < -0.3 is 0 Å². The first-order valence-corrected chi connectivity index (χ1v) is 11.7. The second kappa shape index (κ2) is 7.96. The number of aromatic nitrogens is 4. The lowest BCUT2D eigenvalue weighted by Gasteiger charge is -2.11. The molecule has 6 aromatic rings. The summed E-state index contributed by atoms with van der Waals surface area (Å²) in [5, 5.41) is 1.03. The van der Waals surface area contributed by atoms with Crippen LogP contribution in [-0.4, -0.2) is 19.9 Å². The van der Waals surface area contributed by atoms with Crippen molar-refractivity contribution >= 4 is 10.9 Å². The molecule has 0 amide bonds. The van der Waals surface area contributed by atoms with Crippen LogP contribution in [0.15, 0.2) is 109 Å². The fourth-order valence-corrected chi connectivity index (χ4v) is 4.97. The molecular formula is C31H20N4. The van der Waals surface area contributed by atoms with Gasteiger partial charge in [-0.15, -0.1) is 0 Å². The van der Waals surface area contributed by atoms with Gasteiger partial charge in [0.1, 0.15) is 5.69 Å². The Morgan fingerprint density at radius 2 is 1.34 bits per heavy atom. The van der Waals surface area contributed by atoms with E-state index < -0.39 is 0 Å². The van der Waals surface area contributed by atoms with Crippen molar-refractivity contribution in [3.8, 4) is 45.3 Å². The average molecular weight is 449 g/mol. The monoisotopic (exact) mass is 448 g/mol. The quantitative estimate of drug-likeness (QED) is 0.292. The van der Waals surface area contributed by atoms with E-state index >= 15 is 0 Å². The number of pyridine rings is 2. The molecule has 4 heteroatoms. The number of nitrogens with zero attached hydrogens (tertiary/aromatic N) is 4. The summed E-state index contributed by atoms with van der Waals surface area (Å²) in [6, 6.07) is 35.0. The van der Waals surface area contributed by atoms with Crippen LogP contribution in [0.3, 0.4) is 0 Å². The number of hydrogen-bond donors (Lipinski definition) is 0. The molecule has 0 saturated carbocycles. The maximum Gasteiger partial charge on any atom is 0.179 e. The molecular weight excluding hydrogens is 428 g/mol. The summed E-state index contributed by atoms with van der Waals surface area (Å²) in [6.07, 6.45) is 2.75. The summed E-state index contributed by atoms with van der Waals surface area (Å²) >= 11 is 0. The van der Waals surface area contributed by atoms with Crippen molar-refractivity contribution in [3.63, 3.8) is 0 Å². The second-order valence-electron chi connectivity index (χ2n) is 8.71. The van der Waals surface area contributed by atoms with Crippen LogP contribution in [0.5, 0.6) is 0 Å². The molecule has 35 heavy (non-hydrogen) atoms. The van der Waals surface area contributed by atoms with E-state index in [0.717, 1.165) is 45.7 Å². The molecule has 0 radical (unpaired) electrons. The molecule has 0 aliphatic heterocycles. The first-order valence-electron chi connectivity index (χ1n) is 11.7. The van der Waals surface area contributed by atoms with Gasteiger partial charge in [-0.05, 0) is 46.5 Å². The molecule has 1 aliphatic carbocycles. The Morgan fingerprint density at radius 3 is 2.29 bits per heavy atom. The van der Waals surface area contributed by atoms with Crippen LogP contribution in [-0.2, 0) is 6.42 Å². The highest BCUT2D eigenvalue weighted by atomic mass is 14.9. The zero-order valence-corrected chi connectivity index (χ0v) is 18.9. The number of para-hydroxylation sites is 1. The van der Waals surface area contributed by atoms with E-state index in [1.165, 1.54) is 22.3 Å². The maximum absolute atomic E-state index is 5.01. The minimum Gasteiger partial charge on any atom is -0.254 e. The largest absolute Gasteiger partial charge is 0.254 e. The molecule has 0 spiro atoms. The standard InChI is InChI=1S/C31H20N4/c1-2-9-20(10-3-1)29-24-13-6-7-14-26(24)34-31(35-29)28-16-8-15-27(33-28)30-25-19-21-11-4-5-12-22(21)23(25)17-18-32-30/h1-18H,19H2. The molecule has 0 fully saturated rings. The lowest BCUT2D eigenvalue weighted by molar-refractivity contribution is 1.15. The van der Waals surface area contributed by atoms with Crippen molar-refractivity contribution in [2.24, 2.45) is 0 Å². The third-order valence-electron chi connectivity index (χ3n) is 6.60. The van der Waals surface area contributed by atoms with Crippen LogP contribution in [0.25, 0.3) is 56.2 Å². The van der Waals surface area contributed by atoms with Gasteiger partial charge in [0.2, 0.25) is 0 Å². The third kappa shape index (κ3) is 3.30. The lowest BCUT2D eigenvalue weighted by Crippen LogP contribution is -1.99. The van der Waals surface area contributed by atoms with Crippen LogP contribution in [0.4, 0.5) is 0 Å². The van der Waals surface area contributed by atoms with Gasteiger partial charge >= 0.3 is 0 Å². The summed E-state index contributed by atoms with van der Waals surface area (Å²) in [5.74, 6) is 0.611. The second-order valence-corrected chi connectivity index (χ2v) is 8.71. The molecule has 0 N–H and O–H groups in total. The van der Waals surface area contributed by atoms with Crippen LogP contribution >= 0.6 is 0 Å². The van der Waals surface area contributed by atoms with Crippen molar-refractivity contribution in [1.82, 2.24) is 19.9 Å². The molecule has 4 nitrogen and oxygen atoms in total. The van der Waals surface area contributed by atoms with Crippen molar-refractivity contribution in [3.05, 3.63) is 120 Å². The van der Waals surface area contributed by atoms with Gasteiger partial charge in [0.15, 0.2) is 5.82 Å². The molecule has 1 aliphatic rings. The van der Waals surface area contributed by atoms with Gasteiger partial charge in [0.05, 0.1) is 22.6 Å². The van der Waals surface area contributed by atoms with E-state index in [9.17, 15) is 0 Å². The van der Waals surface area contributed by atoms with E-state index in [2.05, 4.69) is 48.5 Å². The van der Waals surface area contributed by atoms with Crippen LogP contribution in [0.1, 0.15) is 11.1 Å². The van der Waals surface area contributed by atoms with Gasteiger partial charge in [-0.2, -0.15) is 0 Å². The van der Waals surface area contributed by atoms with Crippen molar-refractivity contribution in [1.29, 1.82) is 0 Å². The molecule has 0 bridgehead atoms. The smallest absolute Gasteiger partial charge is 0.179 e. The summed E-state index contributed by atoms with van der Waals surface area (Å²) in [6.45, 7) is 0. The molecule has 3 aromatic carbocycles. The molecule has 0 saturated heterocycles. The number of hydrogen-bond acceptors (Lipinski definition) is 4. The summed E-state index contributed by atoms with van der Waals surface area (Å²) < 4.78 is 0. The normalized spacial score (nSPS) is 11.9. The minimum atomic E-state index is 0.611. The first-order chi connectivity index (χ1) is 17.3. The predicted molar refractivity (Wildman–Crippen MR) is 140 cm³/mol. The summed E-state index contributed by atoms with van der Waals surface area (Å²) in [4.78, 5) is 19.6. The van der Waals surface area contributed by atoms with E-state index in [1.807, 2.05) is 60.8 Å². The number of rotatable bonds is 3. The highest BCUT2D eigenvalue weighted by Crippen LogP contribution is 2.40. The summed E-state index contributed by atoms with van der Waals surface area (Å²) in [7, 11) is 0. The third-order valence-corrected chi connectivity index (χ3v) is 6.60. The highest BCUT2D eigenvalue weighted by Gasteiger charge is 2.23. The van der Waals surface area contributed by atoms with Crippen LogP contribution in [0.2, 0.25) is 0 Å². The topological polar surface area (TPSA) is 51.6 Å². The van der Waals surface area contributed by atoms with Crippen LogP contribution in [0, 0.1) is 0 Å². The number of fused-ring (bicyclic) bond motifs is 4. The van der Waals surface area contributed by atoms with E-state index in [0.29, 0.717) is 5.82 Å². The Kier molecular flexibility index (Phi) is 4.49. The van der Waals surface area contributed by atoms with Gasteiger partial charge in [0.25, 0.3) is 0 Å². The Balaban J connectivity index is 1.38. The fraction of sp³-hybridized carbons (Fsp3) is 0.0323. The molecule has 7 rings (SSSR count). The maximum atomic E-state index is 5.01.